The number of nitrogen functional groups attached to an aromatic ring is 2. The van der Waals surface area contributed by atoms with Gasteiger partial charge in [0.1, 0.15) is 12.0 Å². The van der Waals surface area contributed by atoms with Gasteiger partial charge in [-0.25, -0.2) is 15.8 Å². The van der Waals surface area contributed by atoms with Gasteiger partial charge in [0.05, 0.1) is 0 Å². The predicted octanol–water partition coefficient (Wildman–Crippen LogP) is 2.21. The molecule has 0 aliphatic rings. The number of hydrazine groups is 1. The van der Waals surface area contributed by atoms with Crippen LogP contribution in [0.15, 0.2) is 30.6 Å². The van der Waals surface area contributed by atoms with E-state index < -0.39 is 0 Å². The van der Waals surface area contributed by atoms with Gasteiger partial charge in [-0.15, -0.1) is 0 Å². The summed E-state index contributed by atoms with van der Waals surface area (Å²) in [5.41, 5.74) is 10.9. The van der Waals surface area contributed by atoms with Gasteiger partial charge in [-0.2, -0.15) is 0 Å². The van der Waals surface area contributed by atoms with Crippen molar-refractivity contribution in [2.45, 2.75) is 19.8 Å². The fourth-order valence-electron chi connectivity index (χ4n) is 1.70. The monoisotopic (exact) mass is 258 g/mol. The molecule has 6 nitrogen and oxygen atoms in total. The topological polar surface area (TPSA) is 102 Å². The van der Waals surface area contributed by atoms with Gasteiger partial charge in [0.25, 0.3) is 0 Å². The van der Waals surface area contributed by atoms with Crippen LogP contribution in [0.2, 0.25) is 0 Å². The molecule has 0 unspecified atom stereocenters. The van der Waals surface area contributed by atoms with Crippen LogP contribution < -0.4 is 22.3 Å². The highest BCUT2D eigenvalue weighted by atomic mass is 15.3. The number of nitrogens with two attached hydrogens (primary N) is 2. The molecule has 0 aliphatic heterocycles. The molecular weight excluding hydrogens is 240 g/mol. The molecule has 0 saturated heterocycles. The Balaban J connectivity index is 2.21. The largest absolute Gasteiger partial charge is 0.393 e. The molecule has 1 heterocycles. The minimum Gasteiger partial charge on any atom is -0.393 e. The Morgan fingerprint density at radius 2 is 1.68 bits per heavy atom. The number of benzene rings is 1. The third kappa shape index (κ3) is 2.92. The van der Waals surface area contributed by atoms with E-state index in [4.69, 9.17) is 11.6 Å². The molecule has 0 saturated carbocycles. The summed E-state index contributed by atoms with van der Waals surface area (Å²) in [5, 5.41) is 3.14. The smallest absolute Gasteiger partial charge is 0.168 e. The van der Waals surface area contributed by atoms with Gasteiger partial charge in [-0.05, 0) is 23.6 Å². The maximum Gasteiger partial charge on any atom is 0.168 e. The quantitative estimate of drug-likeness (QED) is 0.495. The lowest BCUT2D eigenvalue weighted by Crippen LogP contribution is -2.12. The molecule has 100 valence electrons. The summed E-state index contributed by atoms with van der Waals surface area (Å²) < 4.78 is 0. The van der Waals surface area contributed by atoms with E-state index in [9.17, 15) is 0 Å². The van der Waals surface area contributed by atoms with Gasteiger partial charge in [0.15, 0.2) is 11.6 Å². The molecule has 0 atom stereocenters. The molecule has 6 N–H and O–H groups in total. The van der Waals surface area contributed by atoms with Crippen LogP contribution in [-0.4, -0.2) is 9.97 Å². The van der Waals surface area contributed by atoms with Crippen molar-refractivity contribution in [3.63, 3.8) is 0 Å². The number of nitrogens with zero attached hydrogens (tertiary/aromatic N) is 2. The molecule has 0 amide bonds. The summed E-state index contributed by atoms with van der Waals surface area (Å²) in [6.07, 6.45) is 1.40. The first-order chi connectivity index (χ1) is 9.11. The van der Waals surface area contributed by atoms with Gasteiger partial charge >= 0.3 is 0 Å². The lowest BCUT2D eigenvalue weighted by molar-refractivity contribution is 0.867. The number of aromatic nitrogens is 2. The first-order valence-electron chi connectivity index (χ1n) is 6.06. The maximum absolute atomic E-state index is 5.89. The van der Waals surface area contributed by atoms with Crippen LogP contribution in [0.25, 0.3) is 0 Å². The van der Waals surface area contributed by atoms with Crippen molar-refractivity contribution in [2.24, 2.45) is 5.84 Å². The van der Waals surface area contributed by atoms with Crippen molar-refractivity contribution >= 4 is 23.0 Å². The third-order valence-corrected chi connectivity index (χ3v) is 2.86. The van der Waals surface area contributed by atoms with Crippen molar-refractivity contribution in [1.29, 1.82) is 0 Å². The van der Waals surface area contributed by atoms with E-state index in [1.54, 1.807) is 0 Å². The fraction of sp³-hybridized carbons (Fsp3) is 0.231. The van der Waals surface area contributed by atoms with E-state index in [-0.39, 0.29) is 0 Å². The molecule has 1 aromatic carbocycles. The molecular formula is C13H18N6. The Labute approximate surface area is 112 Å². The molecule has 0 aliphatic carbocycles. The standard InChI is InChI=1S/C13H18N6/c1-8(2)9-3-5-10(6-4-9)18-12-11(14)13(19-15)17-7-16-12/h3-8H,14-15H2,1-2H3,(H2,16,17,18,19). The van der Waals surface area contributed by atoms with Crippen LogP contribution in [0.3, 0.4) is 0 Å². The average molecular weight is 258 g/mol. The van der Waals surface area contributed by atoms with Crippen molar-refractivity contribution in [3.05, 3.63) is 36.2 Å². The molecule has 2 rings (SSSR count). The van der Waals surface area contributed by atoms with Crippen LogP contribution in [0, 0.1) is 0 Å². The normalized spacial score (nSPS) is 10.5. The lowest BCUT2D eigenvalue weighted by Gasteiger charge is -2.11. The average Bonchev–Trinajstić information content (AvgIpc) is 2.42. The maximum atomic E-state index is 5.89. The zero-order valence-corrected chi connectivity index (χ0v) is 11.0. The van der Waals surface area contributed by atoms with Gasteiger partial charge in [-0.1, -0.05) is 26.0 Å². The van der Waals surface area contributed by atoms with E-state index in [0.717, 1.165) is 5.69 Å². The Hall–Kier alpha value is -2.34. The van der Waals surface area contributed by atoms with Crippen molar-refractivity contribution in [1.82, 2.24) is 9.97 Å². The minimum absolute atomic E-state index is 0.387. The SMILES string of the molecule is CC(C)c1ccc(Nc2ncnc(NN)c2N)cc1. The van der Waals surface area contributed by atoms with Crippen molar-refractivity contribution < 1.29 is 0 Å². The zero-order valence-electron chi connectivity index (χ0n) is 11.0. The summed E-state index contributed by atoms with van der Waals surface area (Å²) >= 11 is 0. The minimum atomic E-state index is 0.387. The second kappa shape index (κ2) is 5.53. The summed E-state index contributed by atoms with van der Waals surface area (Å²) in [4.78, 5) is 8.02. The molecule has 19 heavy (non-hydrogen) atoms. The Morgan fingerprint density at radius 1 is 1.05 bits per heavy atom. The van der Waals surface area contributed by atoms with Gasteiger partial charge in [-0.3, -0.25) is 0 Å². The third-order valence-electron chi connectivity index (χ3n) is 2.86. The number of hydrogen-bond acceptors (Lipinski definition) is 6. The van der Waals surface area contributed by atoms with Gasteiger partial charge in [0.2, 0.25) is 0 Å². The molecule has 1 aromatic heterocycles. The highest BCUT2D eigenvalue weighted by molar-refractivity contribution is 5.77. The van der Waals surface area contributed by atoms with Gasteiger partial charge < -0.3 is 16.5 Å². The number of hydrogen-bond donors (Lipinski definition) is 4. The van der Waals surface area contributed by atoms with E-state index in [0.29, 0.717) is 23.2 Å². The van der Waals surface area contributed by atoms with Crippen LogP contribution in [-0.2, 0) is 0 Å². The summed E-state index contributed by atoms with van der Waals surface area (Å²) in [7, 11) is 0. The summed E-state index contributed by atoms with van der Waals surface area (Å²) in [5.74, 6) is 6.75. The highest BCUT2D eigenvalue weighted by Crippen LogP contribution is 2.25. The predicted molar refractivity (Wildman–Crippen MR) is 78.1 cm³/mol. The highest BCUT2D eigenvalue weighted by Gasteiger charge is 2.07. The number of anilines is 4. The summed E-state index contributed by atoms with van der Waals surface area (Å²) in [6, 6.07) is 8.14. The van der Waals surface area contributed by atoms with Crippen LogP contribution in [0.1, 0.15) is 25.3 Å². The molecule has 0 fully saturated rings. The first-order valence-corrected chi connectivity index (χ1v) is 6.06. The van der Waals surface area contributed by atoms with Crippen LogP contribution in [0.4, 0.5) is 23.0 Å². The van der Waals surface area contributed by atoms with E-state index in [1.165, 1.54) is 11.9 Å². The van der Waals surface area contributed by atoms with E-state index in [1.807, 2.05) is 12.1 Å². The molecule has 2 aromatic rings. The van der Waals surface area contributed by atoms with Crippen LogP contribution >= 0.6 is 0 Å². The van der Waals surface area contributed by atoms with E-state index in [2.05, 4.69) is 46.7 Å². The summed E-state index contributed by atoms with van der Waals surface area (Å²) in [6.45, 7) is 4.31. The lowest BCUT2D eigenvalue weighted by atomic mass is 10.0. The second-order valence-corrected chi connectivity index (χ2v) is 4.53. The molecule has 0 bridgehead atoms. The second-order valence-electron chi connectivity index (χ2n) is 4.53. The zero-order chi connectivity index (χ0) is 13.8. The van der Waals surface area contributed by atoms with Gasteiger partial charge in [0, 0.05) is 5.69 Å². The fourth-order valence-corrected chi connectivity index (χ4v) is 1.70. The van der Waals surface area contributed by atoms with Crippen molar-refractivity contribution in [3.8, 4) is 0 Å². The first kappa shape index (κ1) is 13.1. The Bertz CT molecular complexity index is 550. The molecule has 6 heteroatoms. The van der Waals surface area contributed by atoms with Crippen LogP contribution in [0.5, 0.6) is 0 Å². The molecule has 0 spiro atoms. The number of nitrogens with one attached hydrogen (secondary N) is 2. The number of rotatable bonds is 4. The van der Waals surface area contributed by atoms with Crippen molar-refractivity contribution in [2.75, 3.05) is 16.5 Å². The Morgan fingerprint density at radius 3 is 2.26 bits per heavy atom. The Kier molecular flexibility index (Phi) is 3.82. The molecule has 0 radical (unpaired) electrons. The van der Waals surface area contributed by atoms with E-state index >= 15 is 0 Å².